The number of hydrogen-bond donors (Lipinski definition) is 2. The van der Waals surface area contributed by atoms with Crippen LogP contribution in [0.4, 0.5) is 4.39 Å². The molecule has 1 unspecified atom stereocenters. The third kappa shape index (κ3) is 1.78. The maximum Gasteiger partial charge on any atom is 0.169 e. The molecule has 0 saturated carbocycles. The van der Waals surface area contributed by atoms with Gasteiger partial charge < -0.3 is 4.42 Å². The Kier molecular flexibility index (Phi) is 2.78. The van der Waals surface area contributed by atoms with Gasteiger partial charge in [0.05, 0.1) is 0 Å². The topological polar surface area (TPSA) is 77.0 Å². The molecule has 0 fully saturated rings. The monoisotopic (exact) mass is 264 g/mol. The van der Waals surface area contributed by atoms with Crippen LogP contribution >= 0.6 is 11.5 Å². The molecule has 0 saturated heterocycles. The second-order valence-corrected chi connectivity index (χ2v) is 4.35. The molecule has 0 aliphatic rings. The van der Waals surface area contributed by atoms with Crippen LogP contribution in [0.15, 0.2) is 34.1 Å². The van der Waals surface area contributed by atoms with Gasteiger partial charge >= 0.3 is 0 Å². The lowest BCUT2D eigenvalue weighted by Gasteiger charge is -2.08. The molecule has 1 aromatic carbocycles. The summed E-state index contributed by atoms with van der Waals surface area (Å²) in [6.07, 6.45) is 0. The third-order valence-corrected chi connectivity index (χ3v) is 3.16. The summed E-state index contributed by atoms with van der Waals surface area (Å²) >= 11 is 1.22. The lowest BCUT2D eigenvalue weighted by Crippen LogP contribution is -2.28. The van der Waals surface area contributed by atoms with E-state index >= 15 is 0 Å². The molecular formula is C11H9FN4OS. The number of nitrogens with two attached hydrogens (primary N) is 1. The molecule has 0 aliphatic carbocycles. The van der Waals surface area contributed by atoms with Gasteiger partial charge in [0, 0.05) is 10.8 Å². The SMILES string of the molecule is NNC(c1csnn1)c1cc2cccc(F)c2o1. The summed E-state index contributed by atoms with van der Waals surface area (Å²) in [6.45, 7) is 0. The van der Waals surface area contributed by atoms with Crippen LogP contribution in [0.5, 0.6) is 0 Å². The number of benzene rings is 1. The molecule has 0 aliphatic heterocycles. The smallest absolute Gasteiger partial charge is 0.169 e. The third-order valence-electron chi connectivity index (χ3n) is 2.64. The zero-order valence-corrected chi connectivity index (χ0v) is 9.95. The molecular weight excluding hydrogens is 255 g/mol. The van der Waals surface area contributed by atoms with E-state index in [-0.39, 0.29) is 5.58 Å². The van der Waals surface area contributed by atoms with E-state index < -0.39 is 11.9 Å². The highest BCUT2D eigenvalue weighted by atomic mass is 32.1. The standard InChI is InChI=1S/C11H9FN4OS/c12-7-3-1-2-6-4-9(17-11(6)7)10(14-13)8-5-18-16-15-8/h1-5,10,14H,13H2. The summed E-state index contributed by atoms with van der Waals surface area (Å²) in [6, 6.07) is 6.06. The molecule has 2 heterocycles. The van der Waals surface area contributed by atoms with Gasteiger partial charge in [-0.05, 0) is 23.7 Å². The Hall–Kier alpha value is -1.83. The summed E-state index contributed by atoms with van der Waals surface area (Å²) in [5, 5.41) is 6.38. The van der Waals surface area contributed by atoms with Crippen molar-refractivity contribution in [2.24, 2.45) is 5.84 Å². The van der Waals surface area contributed by atoms with Gasteiger partial charge in [0.1, 0.15) is 17.5 Å². The summed E-state index contributed by atoms with van der Waals surface area (Å²) in [5.74, 6) is 5.60. The number of rotatable bonds is 3. The summed E-state index contributed by atoms with van der Waals surface area (Å²) in [7, 11) is 0. The van der Waals surface area contributed by atoms with Crippen molar-refractivity contribution in [2.45, 2.75) is 6.04 Å². The summed E-state index contributed by atoms with van der Waals surface area (Å²) < 4.78 is 22.8. The van der Waals surface area contributed by atoms with Crippen molar-refractivity contribution >= 4 is 22.5 Å². The molecule has 1 atom stereocenters. The molecule has 3 rings (SSSR count). The van der Waals surface area contributed by atoms with Gasteiger partial charge in [-0.15, -0.1) is 5.10 Å². The van der Waals surface area contributed by atoms with Gasteiger partial charge in [0.15, 0.2) is 11.4 Å². The fourth-order valence-corrected chi connectivity index (χ4v) is 2.28. The van der Waals surface area contributed by atoms with Crippen LogP contribution in [0.3, 0.4) is 0 Å². The molecule has 0 bridgehead atoms. The molecule has 0 spiro atoms. The van der Waals surface area contributed by atoms with Crippen molar-refractivity contribution in [1.29, 1.82) is 0 Å². The second kappa shape index (κ2) is 4.45. The molecule has 0 amide bonds. The first-order chi connectivity index (χ1) is 8.79. The number of nitrogens with zero attached hydrogens (tertiary/aromatic N) is 2. The minimum atomic E-state index is -0.435. The number of fused-ring (bicyclic) bond motifs is 1. The predicted molar refractivity (Wildman–Crippen MR) is 65.2 cm³/mol. The lowest BCUT2D eigenvalue weighted by atomic mass is 10.1. The largest absolute Gasteiger partial charge is 0.456 e. The molecule has 92 valence electrons. The number of hydrogen-bond acceptors (Lipinski definition) is 6. The maximum absolute atomic E-state index is 13.5. The van der Waals surface area contributed by atoms with Crippen LogP contribution in [0.25, 0.3) is 11.0 Å². The number of nitrogens with one attached hydrogen (secondary N) is 1. The number of halogens is 1. The molecule has 7 heteroatoms. The van der Waals surface area contributed by atoms with Crippen LogP contribution in [0, 0.1) is 5.82 Å². The zero-order valence-electron chi connectivity index (χ0n) is 9.13. The van der Waals surface area contributed by atoms with E-state index in [4.69, 9.17) is 10.3 Å². The highest BCUT2D eigenvalue weighted by Gasteiger charge is 2.20. The highest BCUT2D eigenvalue weighted by Crippen LogP contribution is 2.28. The first-order valence-corrected chi connectivity index (χ1v) is 6.04. The number of aromatic nitrogens is 2. The van der Waals surface area contributed by atoms with E-state index in [0.29, 0.717) is 16.8 Å². The normalized spacial score (nSPS) is 13.0. The van der Waals surface area contributed by atoms with Crippen LogP contribution in [-0.4, -0.2) is 9.59 Å². The fraction of sp³-hybridized carbons (Fsp3) is 0.0909. The first-order valence-electron chi connectivity index (χ1n) is 5.20. The van der Waals surface area contributed by atoms with E-state index in [1.165, 1.54) is 17.6 Å². The van der Waals surface area contributed by atoms with E-state index in [0.717, 1.165) is 0 Å². The molecule has 18 heavy (non-hydrogen) atoms. The van der Waals surface area contributed by atoms with Crippen LogP contribution in [-0.2, 0) is 0 Å². The van der Waals surface area contributed by atoms with Crippen molar-refractivity contribution in [3.63, 3.8) is 0 Å². The van der Waals surface area contributed by atoms with E-state index in [2.05, 4.69) is 15.0 Å². The Morgan fingerprint density at radius 1 is 1.44 bits per heavy atom. The Labute approximate surface area is 106 Å². The molecule has 3 aromatic rings. The fourth-order valence-electron chi connectivity index (χ4n) is 1.80. The summed E-state index contributed by atoms with van der Waals surface area (Å²) in [5.41, 5.74) is 3.45. The maximum atomic E-state index is 13.5. The first kappa shape index (κ1) is 11.3. The average Bonchev–Trinajstić information content (AvgIpc) is 3.00. The Morgan fingerprint density at radius 3 is 3.00 bits per heavy atom. The quantitative estimate of drug-likeness (QED) is 0.558. The van der Waals surface area contributed by atoms with E-state index in [9.17, 15) is 4.39 Å². The molecule has 0 radical (unpaired) electrons. The minimum Gasteiger partial charge on any atom is -0.456 e. The molecule has 5 nitrogen and oxygen atoms in total. The lowest BCUT2D eigenvalue weighted by molar-refractivity contribution is 0.459. The van der Waals surface area contributed by atoms with Gasteiger partial charge in [-0.2, -0.15) is 0 Å². The number of para-hydroxylation sites is 1. The van der Waals surface area contributed by atoms with E-state index in [1.807, 2.05) is 0 Å². The van der Waals surface area contributed by atoms with Crippen LogP contribution in [0.2, 0.25) is 0 Å². The Balaban J connectivity index is 2.11. The van der Waals surface area contributed by atoms with Gasteiger partial charge in [0.2, 0.25) is 0 Å². The van der Waals surface area contributed by atoms with Gasteiger partial charge in [-0.25, -0.2) is 9.82 Å². The van der Waals surface area contributed by atoms with Crippen molar-refractivity contribution in [1.82, 2.24) is 15.0 Å². The molecule has 3 N–H and O–H groups in total. The van der Waals surface area contributed by atoms with Gasteiger partial charge in [0.25, 0.3) is 0 Å². The van der Waals surface area contributed by atoms with Crippen LogP contribution in [0.1, 0.15) is 17.5 Å². The number of furan rings is 1. The average molecular weight is 264 g/mol. The van der Waals surface area contributed by atoms with Crippen molar-refractivity contribution < 1.29 is 8.81 Å². The minimum absolute atomic E-state index is 0.218. The summed E-state index contributed by atoms with van der Waals surface area (Å²) in [4.78, 5) is 0. The second-order valence-electron chi connectivity index (χ2n) is 3.74. The zero-order chi connectivity index (χ0) is 12.5. The van der Waals surface area contributed by atoms with Gasteiger partial charge in [-0.3, -0.25) is 5.84 Å². The predicted octanol–water partition coefficient (Wildman–Crippen LogP) is 1.98. The van der Waals surface area contributed by atoms with Gasteiger partial charge in [-0.1, -0.05) is 16.6 Å². The number of hydrazine groups is 1. The highest BCUT2D eigenvalue weighted by molar-refractivity contribution is 7.03. The van der Waals surface area contributed by atoms with Crippen molar-refractivity contribution in [3.8, 4) is 0 Å². The van der Waals surface area contributed by atoms with Crippen molar-refractivity contribution in [2.75, 3.05) is 0 Å². The Bertz CT molecular complexity index is 667. The van der Waals surface area contributed by atoms with Crippen LogP contribution < -0.4 is 11.3 Å². The molecule has 2 aromatic heterocycles. The van der Waals surface area contributed by atoms with E-state index in [1.54, 1.807) is 23.6 Å². The van der Waals surface area contributed by atoms with Crippen molar-refractivity contribution in [3.05, 3.63) is 46.9 Å². The Morgan fingerprint density at radius 2 is 2.33 bits per heavy atom.